The first-order chi connectivity index (χ1) is 16.2. The van der Waals surface area contributed by atoms with E-state index < -0.39 is 47.6 Å². The molecule has 3 rings (SSSR count). The van der Waals surface area contributed by atoms with Crippen molar-refractivity contribution >= 4 is 23.5 Å². The van der Waals surface area contributed by atoms with Crippen LogP contribution in [0.2, 0.25) is 0 Å². The second kappa shape index (κ2) is 10.4. The lowest BCUT2D eigenvalue weighted by molar-refractivity contribution is -0.141. The number of ether oxygens (including phenoxy) is 1. The highest BCUT2D eigenvalue weighted by atomic mass is 16.5. The molecule has 0 saturated heterocycles. The molecule has 1 amide bonds. The van der Waals surface area contributed by atoms with Gasteiger partial charge in [0.1, 0.15) is 17.9 Å². The summed E-state index contributed by atoms with van der Waals surface area (Å²) >= 11 is 0. The Morgan fingerprint density at radius 3 is 2.41 bits per heavy atom. The van der Waals surface area contributed by atoms with Crippen LogP contribution in [0.1, 0.15) is 31.8 Å². The first kappa shape index (κ1) is 24.2. The van der Waals surface area contributed by atoms with E-state index in [2.05, 4.69) is 5.32 Å². The molecule has 3 aromatic rings. The summed E-state index contributed by atoms with van der Waals surface area (Å²) in [6, 6.07) is 15.7. The molecule has 0 saturated carbocycles. The van der Waals surface area contributed by atoms with Crippen LogP contribution in [-0.2, 0) is 23.1 Å². The number of hydrogen-bond acceptors (Lipinski definition) is 7. The quantitative estimate of drug-likeness (QED) is 0.368. The molecule has 10 heteroatoms. The summed E-state index contributed by atoms with van der Waals surface area (Å²) in [6.07, 6.45) is 0. The minimum Gasteiger partial charge on any atom is -0.456 e. The third-order valence-electron chi connectivity index (χ3n) is 5.08. The molecule has 176 valence electrons. The Morgan fingerprint density at radius 1 is 1.03 bits per heavy atom. The van der Waals surface area contributed by atoms with E-state index in [9.17, 15) is 24.0 Å². The number of amides is 1. The molecule has 0 atom stereocenters. The lowest BCUT2D eigenvalue weighted by Crippen LogP contribution is -2.43. The number of nitrogens with one attached hydrogen (secondary N) is 1. The van der Waals surface area contributed by atoms with Gasteiger partial charge in [-0.25, -0.2) is 4.79 Å². The Balaban J connectivity index is 1.69. The number of benzene rings is 2. The zero-order valence-corrected chi connectivity index (χ0v) is 18.7. The largest absolute Gasteiger partial charge is 0.456 e. The molecule has 0 bridgehead atoms. The van der Waals surface area contributed by atoms with Crippen LogP contribution < -0.4 is 22.3 Å². The normalized spacial score (nSPS) is 10.5. The van der Waals surface area contributed by atoms with Crippen LogP contribution in [0, 0.1) is 6.92 Å². The maximum Gasteiger partial charge on any atom is 0.332 e. The number of nitrogens with two attached hydrogens (primary N) is 1. The van der Waals surface area contributed by atoms with Crippen molar-refractivity contribution < 1.29 is 19.1 Å². The topological polar surface area (TPSA) is 142 Å². The number of rotatable bonds is 8. The minimum absolute atomic E-state index is 0.0463. The summed E-state index contributed by atoms with van der Waals surface area (Å²) in [5.74, 6) is -2.52. The predicted molar refractivity (Wildman–Crippen MR) is 125 cm³/mol. The van der Waals surface area contributed by atoms with Gasteiger partial charge in [0.25, 0.3) is 11.5 Å². The summed E-state index contributed by atoms with van der Waals surface area (Å²) in [6.45, 7) is 0.628. The summed E-state index contributed by atoms with van der Waals surface area (Å²) in [7, 11) is 1.23. The molecule has 0 aliphatic rings. The van der Waals surface area contributed by atoms with Crippen molar-refractivity contribution in [2.75, 3.05) is 18.9 Å². The number of hydrogen-bond donors (Lipinski definition) is 2. The smallest absolute Gasteiger partial charge is 0.332 e. The van der Waals surface area contributed by atoms with Gasteiger partial charge in [-0.2, -0.15) is 0 Å². The van der Waals surface area contributed by atoms with Gasteiger partial charge < -0.3 is 15.8 Å². The zero-order chi connectivity index (χ0) is 24.8. The van der Waals surface area contributed by atoms with Gasteiger partial charge in [0.05, 0.1) is 6.54 Å². The molecule has 1 heterocycles. The molecule has 0 fully saturated rings. The summed E-state index contributed by atoms with van der Waals surface area (Å²) in [5.41, 5.74) is 5.99. The number of Topliss-reactive ketones (excluding diaryl/α,β-unsaturated/α-hetero) is 1. The van der Waals surface area contributed by atoms with E-state index in [1.807, 2.05) is 19.1 Å². The van der Waals surface area contributed by atoms with Crippen molar-refractivity contribution in [3.63, 3.8) is 0 Å². The molecule has 0 unspecified atom stereocenters. The van der Waals surface area contributed by atoms with E-state index in [1.165, 1.54) is 7.05 Å². The Hall–Kier alpha value is -4.47. The highest BCUT2D eigenvalue weighted by Gasteiger charge is 2.23. The Bertz CT molecular complexity index is 1360. The van der Waals surface area contributed by atoms with Gasteiger partial charge in [0, 0.05) is 12.6 Å². The number of carbonyl (C=O) groups is 3. The van der Waals surface area contributed by atoms with Crippen LogP contribution in [0.5, 0.6) is 0 Å². The highest BCUT2D eigenvalue weighted by Crippen LogP contribution is 2.10. The summed E-state index contributed by atoms with van der Waals surface area (Å²) in [4.78, 5) is 61.9. The van der Waals surface area contributed by atoms with E-state index in [-0.39, 0.29) is 12.4 Å². The molecular formula is C24H24N4O6. The van der Waals surface area contributed by atoms with Gasteiger partial charge in [-0.05, 0) is 24.6 Å². The second-order valence-electron chi connectivity index (χ2n) is 7.61. The molecular weight excluding hydrogens is 440 g/mol. The summed E-state index contributed by atoms with van der Waals surface area (Å²) in [5, 5.41) is 2.40. The zero-order valence-electron chi connectivity index (χ0n) is 18.7. The maximum absolute atomic E-state index is 12.7. The second-order valence-corrected chi connectivity index (χ2v) is 7.61. The molecule has 0 spiro atoms. The first-order valence-electron chi connectivity index (χ1n) is 10.4. The van der Waals surface area contributed by atoms with Crippen molar-refractivity contribution in [1.82, 2.24) is 14.5 Å². The van der Waals surface area contributed by atoms with Gasteiger partial charge in [0.15, 0.2) is 6.61 Å². The van der Waals surface area contributed by atoms with Gasteiger partial charge in [0.2, 0.25) is 5.78 Å². The van der Waals surface area contributed by atoms with Crippen LogP contribution in [0.25, 0.3) is 0 Å². The summed E-state index contributed by atoms with van der Waals surface area (Å²) < 4.78 is 6.79. The van der Waals surface area contributed by atoms with Gasteiger partial charge >= 0.3 is 11.7 Å². The molecule has 1 aromatic heterocycles. The van der Waals surface area contributed by atoms with Crippen molar-refractivity contribution in [3.05, 3.63) is 97.7 Å². The fourth-order valence-electron chi connectivity index (χ4n) is 3.27. The van der Waals surface area contributed by atoms with Crippen molar-refractivity contribution in [3.8, 4) is 0 Å². The van der Waals surface area contributed by atoms with Crippen LogP contribution in [0.15, 0.2) is 64.2 Å². The number of nitrogens with zero attached hydrogens (tertiary/aromatic N) is 2. The highest BCUT2D eigenvalue weighted by molar-refractivity contribution is 6.01. The van der Waals surface area contributed by atoms with Gasteiger partial charge in [-0.1, -0.05) is 48.0 Å². The number of esters is 1. The van der Waals surface area contributed by atoms with Gasteiger partial charge in [-0.3, -0.25) is 28.3 Å². The monoisotopic (exact) mass is 464 g/mol. The third-order valence-corrected chi connectivity index (χ3v) is 5.08. The number of aryl methyl sites for hydroxylation is 1. The predicted octanol–water partition coefficient (Wildman–Crippen LogP) is 0.642. The molecule has 2 aromatic carbocycles. The molecule has 34 heavy (non-hydrogen) atoms. The van der Waals surface area contributed by atoms with Crippen LogP contribution >= 0.6 is 0 Å². The number of aromatic nitrogens is 2. The van der Waals surface area contributed by atoms with Gasteiger partial charge in [-0.15, -0.1) is 0 Å². The lowest BCUT2D eigenvalue weighted by atomic mass is 10.1. The molecule has 0 aliphatic heterocycles. The Labute approximate surface area is 194 Å². The molecule has 3 N–H and O–H groups in total. The average molecular weight is 464 g/mol. The van der Waals surface area contributed by atoms with E-state index >= 15 is 0 Å². The number of carbonyl (C=O) groups excluding carboxylic acids is 3. The van der Waals surface area contributed by atoms with E-state index in [1.54, 1.807) is 42.5 Å². The van der Waals surface area contributed by atoms with Crippen LogP contribution in [-0.4, -0.2) is 39.9 Å². The standard InChI is InChI=1S/C24H24N4O6/c1-15-7-6-10-17(11-15)22(31)26-12-19(30)34-14-18(29)20-21(25)28(24(33)27(2)23(20)32)13-16-8-4-3-5-9-16/h3-11H,12-14,25H2,1-2H3,(H,26,31). The maximum atomic E-state index is 12.7. The van der Waals surface area contributed by atoms with Crippen molar-refractivity contribution in [1.29, 1.82) is 0 Å². The third kappa shape index (κ3) is 5.47. The first-order valence-corrected chi connectivity index (χ1v) is 10.4. The van der Waals surface area contributed by atoms with Crippen molar-refractivity contribution in [2.45, 2.75) is 13.5 Å². The fourth-order valence-corrected chi connectivity index (χ4v) is 3.27. The molecule has 10 nitrogen and oxygen atoms in total. The number of anilines is 1. The molecule has 0 aliphatic carbocycles. The van der Waals surface area contributed by atoms with E-state index in [0.29, 0.717) is 5.56 Å². The fraction of sp³-hybridized carbons (Fsp3) is 0.208. The SMILES string of the molecule is Cc1cccc(C(=O)NCC(=O)OCC(=O)c2c(N)n(Cc3ccccc3)c(=O)n(C)c2=O)c1. The van der Waals surface area contributed by atoms with Crippen LogP contribution in [0.4, 0.5) is 5.82 Å². The number of nitrogen functional groups attached to an aromatic ring is 1. The minimum atomic E-state index is -0.888. The Kier molecular flexibility index (Phi) is 7.42. The van der Waals surface area contributed by atoms with E-state index in [4.69, 9.17) is 10.5 Å². The van der Waals surface area contributed by atoms with Crippen molar-refractivity contribution in [2.24, 2.45) is 7.05 Å². The Morgan fingerprint density at radius 2 is 1.74 bits per heavy atom. The lowest BCUT2D eigenvalue weighted by Gasteiger charge is -2.15. The van der Waals surface area contributed by atoms with E-state index in [0.717, 1.165) is 20.3 Å². The number of ketones is 1. The van der Waals surface area contributed by atoms with Crippen LogP contribution in [0.3, 0.4) is 0 Å². The molecule has 0 radical (unpaired) electrons. The average Bonchev–Trinajstić information content (AvgIpc) is 2.83.